The molecule has 0 aliphatic carbocycles. The highest BCUT2D eigenvalue weighted by molar-refractivity contribution is 7.89. The first-order chi connectivity index (χ1) is 6.95. The number of nitrogens with one attached hydrogen (secondary N) is 1. The lowest BCUT2D eigenvalue weighted by Gasteiger charge is -2.24. The number of nitrogens with zero attached hydrogens (tertiary/aromatic N) is 1. The molecule has 1 aliphatic rings. The molecular formula is C7H13N3O4S. The number of imide groups is 1. The van der Waals surface area contributed by atoms with E-state index in [1.165, 1.54) is 0 Å². The van der Waals surface area contributed by atoms with Gasteiger partial charge in [0.2, 0.25) is 21.8 Å². The Morgan fingerprint density at radius 3 is 2.27 bits per heavy atom. The van der Waals surface area contributed by atoms with E-state index in [1.54, 1.807) is 0 Å². The smallest absolute Gasteiger partial charge is 0.241 e. The molecule has 1 aliphatic heterocycles. The van der Waals surface area contributed by atoms with Crippen LogP contribution in [-0.4, -0.2) is 49.9 Å². The van der Waals surface area contributed by atoms with Crippen molar-refractivity contribution in [3.05, 3.63) is 0 Å². The van der Waals surface area contributed by atoms with Crippen molar-refractivity contribution in [2.45, 2.75) is 6.42 Å². The van der Waals surface area contributed by atoms with Crippen molar-refractivity contribution in [2.75, 3.05) is 25.4 Å². The number of amides is 2. The lowest BCUT2D eigenvalue weighted by atomic mass is 10.4. The van der Waals surface area contributed by atoms with E-state index in [-0.39, 0.29) is 25.4 Å². The summed E-state index contributed by atoms with van der Waals surface area (Å²) in [5.74, 6) is -1.32. The highest BCUT2D eigenvalue weighted by atomic mass is 32.2. The van der Waals surface area contributed by atoms with Gasteiger partial charge in [-0.25, -0.2) is 8.42 Å². The Morgan fingerprint density at radius 1 is 1.27 bits per heavy atom. The molecule has 0 atom stereocenters. The Kier molecular flexibility index (Phi) is 3.77. The van der Waals surface area contributed by atoms with Crippen LogP contribution >= 0.6 is 0 Å². The van der Waals surface area contributed by atoms with E-state index < -0.39 is 21.8 Å². The van der Waals surface area contributed by atoms with Crippen LogP contribution in [0.4, 0.5) is 0 Å². The second-order valence-corrected chi connectivity index (χ2v) is 5.29. The lowest BCUT2D eigenvalue weighted by Crippen LogP contribution is -2.53. The van der Waals surface area contributed by atoms with E-state index in [1.807, 2.05) is 5.32 Å². The molecule has 0 unspecified atom stereocenters. The van der Waals surface area contributed by atoms with Crippen LogP contribution in [0.3, 0.4) is 0 Å². The van der Waals surface area contributed by atoms with Gasteiger partial charge >= 0.3 is 0 Å². The highest BCUT2D eigenvalue weighted by Gasteiger charge is 2.30. The van der Waals surface area contributed by atoms with Crippen molar-refractivity contribution >= 4 is 21.8 Å². The first kappa shape index (κ1) is 12.1. The third-order valence-corrected chi connectivity index (χ3v) is 3.77. The van der Waals surface area contributed by atoms with Crippen molar-refractivity contribution in [1.82, 2.24) is 9.62 Å². The highest BCUT2D eigenvalue weighted by Crippen LogP contribution is 2.05. The molecule has 1 rings (SSSR count). The summed E-state index contributed by atoms with van der Waals surface area (Å²) in [4.78, 5) is 21.9. The molecule has 0 bridgehead atoms. The van der Waals surface area contributed by atoms with Crippen molar-refractivity contribution in [1.29, 1.82) is 0 Å². The molecule has 0 aromatic heterocycles. The zero-order valence-electron chi connectivity index (χ0n) is 8.10. The Balaban J connectivity index is 2.70. The predicted molar refractivity (Wildman–Crippen MR) is 52.2 cm³/mol. The van der Waals surface area contributed by atoms with Crippen LogP contribution in [0.25, 0.3) is 0 Å². The summed E-state index contributed by atoms with van der Waals surface area (Å²) >= 11 is 0. The predicted octanol–water partition coefficient (Wildman–Crippen LogP) is -2.38. The monoisotopic (exact) mass is 235 g/mol. The van der Waals surface area contributed by atoms with Gasteiger partial charge < -0.3 is 5.73 Å². The number of piperazine rings is 1. The summed E-state index contributed by atoms with van der Waals surface area (Å²) in [6, 6.07) is 0. The molecule has 2 amide bonds. The average molecular weight is 235 g/mol. The van der Waals surface area contributed by atoms with E-state index in [0.29, 0.717) is 6.42 Å². The Hall–Kier alpha value is -0.990. The number of sulfonamides is 1. The molecule has 1 heterocycles. The number of nitrogens with two attached hydrogens (primary N) is 1. The van der Waals surface area contributed by atoms with Gasteiger partial charge in [-0.3, -0.25) is 14.9 Å². The molecule has 0 aromatic rings. The van der Waals surface area contributed by atoms with Crippen molar-refractivity contribution < 1.29 is 18.0 Å². The van der Waals surface area contributed by atoms with Gasteiger partial charge in [-0.2, -0.15) is 4.31 Å². The maximum Gasteiger partial charge on any atom is 0.241 e. The van der Waals surface area contributed by atoms with Gasteiger partial charge in [0.1, 0.15) is 0 Å². The number of carbonyl (C=O) groups is 2. The Labute approximate surface area is 87.7 Å². The maximum absolute atomic E-state index is 11.6. The Bertz CT molecular complexity index is 348. The van der Waals surface area contributed by atoms with Crippen LogP contribution in [0.1, 0.15) is 6.42 Å². The third-order valence-electron chi connectivity index (χ3n) is 1.92. The second-order valence-electron chi connectivity index (χ2n) is 3.20. The molecule has 0 saturated carbocycles. The molecule has 7 nitrogen and oxygen atoms in total. The summed E-state index contributed by atoms with van der Waals surface area (Å²) in [5.41, 5.74) is 5.19. The standard InChI is InChI=1S/C7H13N3O4S/c8-2-1-3-15(13,14)10-4-6(11)9-7(12)5-10/h1-5,8H2,(H,9,11,12). The van der Waals surface area contributed by atoms with Gasteiger partial charge in [-0.1, -0.05) is 0 Å². The largest absolute Gasteiger partial charge is 0.330 e. The fourth-order valence-electron chi connectivity index (χ4n) is 1.20. The van der Waals surface area contributed by atoms with Crippen molar-refractivity contribution in [3.63, 3.8) is 0 Å². The molecule has 8 heteroatoms. The molecule has 1 fully saturated rings. The first-order valence-electron chi connectivity index (χ1n) is 4.46. The lowest BCUT2D eigenvalue weighted by molar-refractivity contribution is -0.134. The summed E-state index contributed by atoms with van der Waals surface area (Å²) in [6.07, 6.45) is 0.314. The SMILES string of the molecule is NCCCS(=O)(=O)N1CC(=O)NC(=O)C1. The van der Waals surface area contributed by atoms with Crippen LogP contribution in [0.2, 0.25) is 0 Å². The number of carbonyl (C=O) groups excluding carboxylic acids is 2. The molecule has 0 spiro atoms. The normalized spacial score (nSPS) is 19.0. The van der Waals surface area contributed by atoms with Gasteiger partial charge in [0, 0.05) is 0 Å². The van der Waals surface area contributed by atoms with E-state index in [2.05, 4.69) is 0 Å². The van der Waals surface area contributed by atoms with Gasteiger partial charge in [0.25, 0.3) is 0 Å². The molecule has 86 valence electrons. The molecular weight excluding hydrogens is 222 g/mol. The number of rotatable bonds is 4. The molecule has 1 saturated heterocycles. The van der Waals surface area contributed by atoms with Crippen LogP contribution < -0.4 is 11.1 Å². The summed E-state index contributed by atoms with van der Waals surface area (Å²) in [6.45, 7) is -0.329. The summed E-state index contributed by atoms with van der Waals surface area (Å²) < 4.78 is 24.0. The average Bonchev–Trinajstić information content (AvgIpc) is 2.13. The summed E-state index contributed by atoms with van der Waals surface area (Å²) in [7, 11) is -3.54. The van der Waals surface area contributed by atoms with Crippen LogP contribution in [0.15, 0.2) is 0 Å². The van der Waals surface area contributed by atoms with Gasteiger partial charge in [0.15, 0.2) is 0 Å². The fourth-order valence-corrected chi connectivity index (χ4v) is 2.62. The van der Waals surface area contributed by atoms with Crippen LogP contribution in [0, 0.1) is 0 Å². The summed E-state index contributed by atoms with van der Waals surface area (Å²) in [5, 5.41) is 2.03. The van der Waals surface area contributed by atoms with Crippen molar-refractivity contribution in [3.8, 4) is 0 Å². The second kappa shape index (κ2) is 4.69. The van der Waals surface area contributed by atoms with E-state index >= 15 is 0 Å². The van der Waals surface area contributed by atoms with Crippen LogP contribution in [-0.2, 0) is 19.6 Å². The molecule has 0 aromatic carbocycles. The van der Waals surface area contributed by atoms with Crippen molar-refractivity contribution in [2.24, 2.45) is 5.73 Å². The van der Waals surface area contributed by atoms with Gasteiger partial charge in [-0.05, 0) is 13.0 Å². The maximum atomic E-state index is 11.6. The number of hydrogen-bond donors (Lipinski definition) is 2. The third kappa shape index (κ3) is 3.26. The van der Waals surface area contributed by atoms with E-state index in [0.717, 1.165) is 4.31 Å². The molecule has 15 heavy (non-hydrogen) atoms. The topological polar surface area (TPSA) is 110 Å². The molecule has 0 radical (unpaired) electrons. The zero-order valence-corrected chi connectivity index (χ0v) is 8.92. The Morgan fingerprint density at radius 2 is 1.80 bits per heavy atom. The fraction of sp³-hybridized carbons (Fsp3) is 0.714. The van der Waals surface area contributed by atoms with Gasteiger partial charge in [-0.15, -0.1) is 0 Å². The minimum absolute atomic E-state index is 0.135. The number of hydrogen-bond acceptors (Lipinski definition) is 5. The van der Waals surface area contributed by atoms with Gasteiger partial charge in [0.05, 0.1) is 18.8 Å². The zero-order chi connectivity index (χ0) is 11.5. The molecule has 3 N–H and O–H groups in total. The first-order valence-corrected chi connectivity index (χ1v) is 6.07. The quantitative estimate of drug-likeness (QED) is 0.529. The minimum atomic E-state index is -3.54. The van der Waals surface area contributed by atoms with E-state index in [4.69, 9.17) is 5.73 Å². The van der Waals surface area contributed by atoms with Crippen LogP contribution in [0.5, 0.6) is 0 Å². The van der Waals surface area contributed by atoms with E-state index in [9.17, 15) is 18.0 Å². The minimum Gasteiger partial charge on any atom is -0.330 e.